The van der Waals surface area contributed by atoms with Crippen LogP contribution in [-0.4, -0.2) is 21.6 Å². The van der Waals surface area contributed by atoms with Gasteiger partial charge in [-0.1, -0.05) is 41.9 Å². The van der Waals surface area contributed by atoms with Crippen molar-refractivity contribution < 1.29 is 4.79 Å². The van der Waals surface area contributed by atoms with Crippen molar-refractivity contribution in [2.45, 2.75) is 25.8 Å². The number of amides is 1. The van der Waals surface area contributed by atoms with Gasteiger partial charge in [-0.2, -0.15) is 0 Å². The van der Waals surface area contributed by atoms with Crippen LogP contribution in [0.25, 0.3) is 0 Å². The smallest absolute Gasteiger partial charge is 0.331 e. The molecule has 6 nitrogen and oxygen atoms in total. The van der Waals surface area contributed by atoms with Gasteiger partial charge in [0, 0.05) is 35.7 Å². The minimum absolute atomic E-state index is 0.122. The minimum atomic E-state index is -0.509. The standard InChI is InChI=1S/C17H20BrN3O3/c1-17(2,12-4-6-13(18)7-5-12)11-19-14(22)10-21-9-8-15(23)20(3)16(21)24/h4-9H,10-11H2,1-3H3,(H,19,22). The lowest BCUT2D eigenvalue weighted by Gasteiger charge is -2.26. The zero-order valence-electron chi connectivity index (χ0n) is 13.9. The Morgan fingerprint density at radius 2 is 1.79 bits per heavy atom. The van der Waals surface area contributed by atoms with E-state index >= 15 is 0 Å². The van der Waals surface area contributed by atoms with Gasteiger partial charge in [0.25, 0.3) is 5.56 Å². The van der Waals surface area contributed by atoms with Crippen molar-refractivity contribution in [3.05, 3.63) is 67.4 Å². The lowest BCUT2D eigenvalue weighted by atomic mass is 9.84. The molecule has 1 amide bonds. The number of halogens is 1. The highest BCUT2D eigenvalue weighted by molar-refractivity contribution is 9.10. The van der Waals surface area contributed by atoms with Crippen LogP contribution in [0, 0.1) is 0 Å². The molecule has 0 atom stereocenters. The van der Waals surface area contributed by atoms with Crippen LogP contribution in [0.2, 0.25) is 0 Å². The van der Waals surface area contributed by atoms with Crippen molar-refractivity contribution in [3.63, 3.8) is 0 Å². The number of benzene rings is 1. The second-order valence-corrected chi connectivity index (χ2v) is 7.21. The molecule has 1 aromatic carbocycles. The maximum atomic E-state index is 12.1. The zero-order chi connectivity index (χ0) is 17.9. The highest BCUT2D eigenvalue weighted by Gasteiger charge is 2.21. The van der Waals surface area contributed by atoms with E-state index in [0.717, 1.165) is 14.6 Å². The quantitative estimate of drug-likeness (QED) is 0.834. The fourth-order valence-corrected chi connectivity index (χ4v) is 2.53. The van der Waals surface area contributed by atoms with Crippen LogP contribution < -0.4 is 16.6 Å². The van der Waals surface area contributed by atoms with Gasteiger partial charge in [0.05, 0.1) is 0 Å². The highest BCUT2D eigenvalue weighted by atomic mass is 79.9. The number of carbonyl (C=O) groups is 1. The fraction of sp³-hybridized carbons (Fsp3) is 0.353. The Balaban J connectivity index is 2.03. The van der Waals surface area contributed by atoms with Gasteiger partial charge in [-0.05, 0) is 17.7 Å². The zero-order valence-corrected chi connectivity index (χ0v) is 15.5. The van der Waals surface area contributed by atoms with Crippen molar-refractivity contribution in [2.24, 2.45) is 7.05 Å². The molecule has 2 rings (SSSR count). The largest absolute Gasteiger partial charge is 0.354 e. The van der Waals surface area contributed by atoms with Crippen molar-refractivity contribution >= 4 is 21.8 Å². The highest BCUT2D eigenvalue weighted by Crippen LogP contribution is 2.23. The van der Waals surface area contributed by atoms with Crippen LogP contribution in [0.3, 0.4) is 0 Å². The van der Waals surface area contributed by atoms with E-state index in [1.165, 1.54) is 23.9 Å². The molecule has 2 aromatic rings. The van der Waals surface area contributed by atoms with Gasteiger partial charge in [0.1, 0.15) is 6.54 Å². The van der Waals surface area contributed by atoms with Crippen LogP contribution in [0.4, 0.5) is 0 Å². The summed E-state index contributed by atoms with van der Waals surface area (Å²) >= 11 is 3.40. The molecule has 0 aliphatic carbocycles. The van der Waals surface area contributed by atoms with E-state index in [1.807, 2.05) is 38.1 Å². The first-order chi connectivity index (χ1) is 11.2. The molecule has 0 aliphatic rings. The summed E-state index contributed by atoms with van der Waals surface area (Å²) in [6.45, 7) is 4.39. The van der Waals surface area contributed by atoms with E-state index in [0.29, 0.717) is 6.54 Å². The van der Waals surface area contributed by atoms with Gasteiger partial charge in [0.2, 0.25) is 5.91 Å². The first kappa shape index (κ1) is 18.2. The Kier molecular flexibility index (Phi) is 5.43. The normalized spacial score (nSPS) is 11.3. The lowest BCUT2D eigenvalue weighted by molar-refractivity contribution is -0.122. The molecule has 0 spiro atoms. The van der Waals surface area contributed by atoms with Crippen molar-refractivity contribution in [1.82, 2.24) is 14.5 Å². The Morgan fingerprint density at radius 3 is 2.42 bits per heavy atom. The van der Waals surface area contributed by atoms with Gasteiger partial charge in [-0.3, -0.25) is 18.7 Å². The molecule has 1 N–H and O–H groups in total. The molecule has 0 bridgehead atoms. The molecule has 24 heavy (non-hydrogen) atoms. The third-order valence-electron chi connectivity index (χ3n) is 3.93. The van der Waals surface area contributed by atoms with E-state index in [2.05, 4.69) is 21.2 Å². The third kappa shape index (κ3) is 4.23. The number of hydrogen-bond donors (Lipinski definition) is 1. The van der Waals surface area contributed by atoms with Gasteiger partial charge in [-0.15, -0.1) is 0 Å². The fourth-order valence-electron chi connectivity index (χ4n) is 2.27. The molecule has 0 saturated carbocycles. The lowest BCUT2D eigenvalue weighted by Crippen LogP contribution is -2.42. The maximum absolute atomic E-state index is 12.1. The molecule has 1 aromatic heterocycles. The molecule has 128 valence electrons. The van der Waals surface area contributed by atoms with E-state index in [-0.39, 0.29) is 17.9 Å². The van der Waals surface area contributed by atoms with Crippen LogP contribution in [0.1, 0.15) is 19.4 Å². The number of aromatic nitrogens is 2. The average molecular weight is 394 g/mol. The predicted octanol–water partition coefficient (Wildman–Crippen LogP) is 1.40. The van der Waals surface area contributed by atoms with Crippen molar-refractivity contribution in [2.75, 3.05) is 6.54 Å². The summed E-state index contributed by atoms with van der Waals surface area (Å²) in [5, 5.41) is 2.85. The molecule has 0 saturated heterocycles. The Bertz CT molecular complexity index is 851. The molecule has 1 heterocycles. The Labute approximate surface area is 148 Å². The van der Waals surface area contributed by atoms with E-state index in [4.69, 9.17) is 0 Å². The number of nitrogens with zero attached hydrogens (tertiary/aromatic N) is 2. The Morgan fingerprint density at radius 1 is 1.17 bits per heavy atom. The van der Waals surface area contributed by atoms with E-state index < -0.39 is 11.2 Å². The van der Waals surface area contributed by atoms with E-state index in [1.54, 1.807) is 0 Å². The first-order valence-electron chi connectivity index (χ1n) is 7.50. The number of nitrogens with one attached hydrogen (secondary N) is 1. The van der Waals surface area contributed by atoms with Gasteiger partial charge in [-0.25, -0.2) is 4.79 Å². The predicted molar refractivity (Wildman–Crippen MR) is 96.1 cm³/mol. The summed E-state index contributed by atoms with van der Waals surface area (Å²) < 4.78 is 3.18. The van der Waals surface area contributed by atoms with Crippen LogP contribution in [0.5, 0.6) is 0 Å². The first-order valence-corrected chi connectivity index (χ1v) is 8.29. The minimum Gasteiger partial charge on any atom is -0.354 e. The number of carbonyl (C=O) groups excluding carboxylic acids is 1. The summed E-state index contributed by atoms with van der Waals surface area (Å²) in [6.07, 6.45) is 1.34. The summed E-state index contributed by atoms with van der Waals surface area (Å²) in [4.78, 5) is 35.4. The van der Waals surface area contributed by atoms with Gasteiger partial charge < -0.3 is 5.32 Å². The monoisotopic (exact) mass is 393 g/mol. The molecular weight excluding hydrogens is 374 g/mol. The summed E-state index contributed by atoms with van der Waals surface area (Å²) in [5.41, 5.74) is -0.0478. The molecule has 7 heteroatoms. The second-order valence-electron chi connectivity index (χ2n) is 6.29. The van der Waals surface area contributed by atoms with Crippen molar-refractivity contribution in [3.8, 4) is 0 Å². The molecule has 0 radical (unpaired) electrons. The maximum Gasteiger partial charge on any atom is 0.331 e. The topological polar surface area (TPSA) is 73.1 Å². The summed E-state index contributed by atoms with van der Waals surface area (Å²) in [6, 6.07) is 9.20. The number of hydrogen-bond acceptors (Lipinski definition) is 3. The summed E-state index contributed by atoms with van der Waals surface area (Å²) in [7, 11) is 1.38. The van der Waals surface area contributed by atoms with Crippen LogP contribution >= 0.6 is 15.9 Å². The second kappa shape index (κ2) is 7.17. The van der Waals surface area contributed by atoms with Gasteiger partial charge in [0.15, 0.2) is 0 Å². The molecule has 0 unspecified atom stereocenters. The molecule has 0 fully saturated rings. The van der Waals surface area contributed by atoms with Crippen LogP contribution in [-0.2, 0) is 23.8 Å². The van der Waals surface area contributed by atoms with Crippen LogP contribution in [0.15, 0.2) is 50.6 Å². The average Bonchev–Trinajstić information content (AvgIpc) is 2.54. The van der Waals surface area contributed by atoms with Gasteiger partial charge >= 0.3 is 5.69 Å². The van der Waals surface area contributed by atoms with Crippen molar-refractivity contribution in [1.29, 1.82) is 0 Å². The SMILES string of the molecule is Cn1c(=O)ccn(CC(=O)NCC(C)(C)c2ccc(Br)cc2)c1=O. The molecule has 0 aliphatic heterocycles. The van der Waals surface area contributed by atoms with E-state index in [9.17, 15) is 14.4 Å². The molecular formula is C17H20BrN3O3. The Hall–Kier alpha value is -2.15. The number of rotatable bonds is 5. The third-order valence-corrected chi connectivity index (χ3v) is 4.46. The summed E-state index contributed by atoms with van der Waals surface area (Å²) in [5.74, 6) is -0.277.